The molecule has 0 N–H and O–H groups in total. The van der Waals surface area contributed by atoms with Crippen LogP contribution in [0.25, 0.3) is 47.6 Å². The van der Waals surface area contributed by atoms with E-state index in [0.29, 0.717) is 0 Å². The van der Waals surface area contributed by atoms with Crippen molar-refractivity contribution in [2.45, 2.75) is 32.1 Å². The summed E-state index contributed by atoms with van der Waals surface area (Å²) in [5.41, 5.74) is 12.2. The van der Waals surface area contributed by atoms with E-state index in [2.05, 4.69) is 158 Å². The highest BCUT2D eigenvalue weighted by Crippen LogP contribution is 2.55. The lowest BCUT2D eigenvalue weighted by Crippen LogP contribution is -2.18. The first kappa shape index (κ1) is 26.5. The third-order valence-corrected chi connectivity index (χ3v) is 11.3. The zero-order valence-electron chi connectivity index (χ0n) is 25.5. The largest absolute Gasteiger partial charge is 0.312 e. The summed E-state index contributed by atoms with van der Waals surface area (Å²) in [6.07, 6.45) is 6.68. The smallest absolute Gasteiger partial charge is 0.0637 e. The highest BCUT2D eigenvalue weighted by atomic mass is 32.1. The Morgan fingerprint density at radius 1 is 0.556 bits per heavy atom. The lowest BCUT2D eigenvalue weighted by molar-refractivity contribution is 0.661. The fraction of sp³-hybridized carbons (Fsp3) is 0.116. The Morgan fingerprint density at radius 3 is 2.13 bits per heavy atom. The van der Waals surface area contributed by atoms with E-state index in [1.54, 1.807) is 0 Å². The molecular weight excluding hydrogens is 563 g/mol. The fourth-order valence-corrected chi connectivity index (χ4v) is 9.12. The third-order valence-electron chi connectivity index (χ3n) is 10.00. The minimum Gasteiger partial charge on any atom is -0.312 e. The van der Waals surface area contributed by atoms with Gasteiger partial charge in [-0.25, -0.2) is 0 Å². The van der Waals surface area contributed by atoms with Crippen LogP contribution in [0, 0.1) is 0 Å². The van der Waals surface area contributed by atoms with E-state index in [0.717, 1.165) is 12.8 Å². The van der Waals surface area contributed by atoms with Crippen molar-refractivity contribution >= 4 is 59.2 Å². The van der Waals surface area contributed by atoms with Gasteiger partial charge < -0.3 is 4.90 Å². The van der Waals surface area contributed by atoms with Crippen molar-refractivity contribution in [3.8, 4) is 11.1 Å². The van der Waals surface area contributed by atoms with E-state index in [9.17, 15) is 0 Å². The van der Waals surface area contributed by atoms with Gasteiger partial charge in [0.25, 0.3) is 0 Å². The van der Waals surface area contributed by atoms with Crippen molar-refractivity contribution < 1.29 is 0 Å². The standard InChI is InChI=1S/C43H33NS/c1-43(2)36-19-9-8-17-35(36)40-37(43)27-26-34-33-18-11-21-39(41(33)45-42(34)40)44(38-20-10-15-30-14-6-7-16-32(30)38)31-24-22-29(23-25-31)28-12-4-3-5-13-28/h3-22,24,26-27H,23,25H2,1-2H3. The minimum atomic E-state index is -0.0101. The lowest BCUT2D eigenvalue weighted by Gasteiger charge is -2.31. The Labute approximate surface area is 268 Å². The molecule has 0 radical (unpaired) electrons. The Balaban J connectivity index is 1.30. The first-order valence-corrected chi connectivity index (χ1v) is 16.7. The number of hydrogen-bond acceptors (Lipinski definition) is 2. The molecule has 9 rings (SSSR count). The first-order valence-electron chi connectivity index (χ1n) is 15.9. The van der Waals surface area contributed by atoms with Crippen molar-refractivity contribution in [2.75, 3.05) is 4.90 Å². The van der Waals surface area contributed by atoms with E-state index in [4.69, 9.17) is 0 Å². The molecule has 216 valence electrons. The molecule has 2 aliphatic carbocycles. The van der Waals surface area contributed by atoms with Crippen LogP contribution >= 0.6 is 11.3 Å². The summed E-state index contributed by atoms with van der Waals surface area (Å²) in [4.78, 5) is 2.55. The summed E-state index contributed by atoms with van der Waals surface area (Å²) in [6, 6.07) is 47.0. The second kappa shape index (κ2) is 10.1. The van der Waals surface area contributed by atoms with Crippen LogP contribution in [0.1, 0.15) is 43.4 Å². The Bertz CT molecular complexity index is 2350. The molecule has 0 atom stereocenters. The molecule has 7 aromatic rings. The van der Waals surface area contributed by atoms with Crippen LogP contribution in [0.2, 0.25) is 0 Å². The first-order chi connectivity index (χ1) is 22.1. The number of allylic oxidation sites excluding steroid dienone is 4. The van der Waals surface area contributed by atoms with E-state index in [1.165, 1.54) is 81.4 Å². The number of thiophene rings is 1. The van der Waals surface area contributed by atoms with Crippen LogP contribution in [0.5, 0.6) is 0 Å². The van der Waals surface area contributed by atoms with E-state index < -0.39 is 0 Å². The summed E-state index contributed by atoms with van der Waals surface area (Å²) >= 11 is 1.96. The van der Waals surface area contributed by atoms with Crippen molar-refractivity contribution in [3.05, 3.63) is 162 Å². The molecule has 2 aliphatic rings. The van der Waals surface area contributed by atoms with Crippen LogP contribution in [0.3, 0.4) is 0 Å². The molecule has 0 saturated heterocycles. The summed E-state index contributed by atoms with van der Waals surface area (Å²) in [6.45, 7) is 4.74. The van der Waals surface area contributed by atoms with Gasteiger partial charge in [-0.3, -0.25) is 0 Å². The van der Waals surface area contributed by atoms with Gasteiger partial charge in [-0.05, 0) is 64.3 Å². The molecule has 0 aliphatic heterocycles. The normalized spacial score (nSPS) is 15.2. The molecule has 0 saturated carbocycles. The van der Waals surface area contributed by atoms with Crippen LogP contribution in [-0.4, -0.2) is 0 Å². The summed E-state index contributed by atoms with van der Waals surface area (Å²) in [5, 5.41) is 5.22. The molecule has 0 unspecified atom stereocenters. The van der Waals surface area contributed by atoms with Crippen LogP contribution < -0.4 is 4.90 Å². The van der Waals surface area contributed by atoms with Gasteiger partial charge >= 0.3 is 0 Å². The summed E-state index contributed by atoms with van der Waals surface area (Å²) in [7, 11) is 0. The molecule has 0 bridgehead atoms. The van der Waals surface area contributed by atoms with Gasteiger partial charge in [0, 0.05) is 37.5 Å². The zero-order valence-corrected chi connectivity index (χ0v) is 26.4. The number of hydrogen-bond donors (Lipinski definition) is 0. The average Bonchev–Trinajstić information content (AvgIpc) is 3.59. The monoisotopic (exact) mass is 595 g/mol. The lowest BCUT2D eigenvalue weighted by atomic mass is 9.82. The van der Waals surface area contributed by atoms with Gasteiger partial charge in [-0.15, -0.1) is 11.3 Å². The molecule has 1 heterocycles. The van der Waals surface area contributed by atoms with Crippen LogP contribution in [0.15, 0.2) is 145 Å². The molecular formula is C43H33NS. The molecule has 45 heavy (non-hydrogen) atoms. The number of nitrogens with zero attached hydrogens (tertiary/aromatic N) is 1. The third kappa shape index (κ3) is 3.99. The van der Waals surface area contributed by atoms with Gasteiger partial charge in [-0.1, -0.05) is 135 Å². The van der Waals surface area contributed by atoms with Gasteiger partial charge in [0.2, 0.25) is 0 Å². The predicted octanol–water partition coefficient (Wildman–Crippen LogP) is 12.4. The number of rotatable bonds is 4. The van der Waals surface area contributed by atoms with Gasteiger partial charge in [0.1, 0.15) is 0 Å². The number of fused-ring (bicyclic) bond motifs is 8. The number of benzene rings is 6. The molecule has 0 fully saturated rings. The van der Waals surface area contributed by atoms with E-state index in [1.807, 2.05) is 11.3 Å². The quantitative estimate of drug-likeness (QED) is 0.196. The highest BCUT2D eigenvalue weighted by Gasteiger charge is 2.37. The molecule has 1 aromatic heterocycles. The Hall–Kier alpha value is -4.92. The molecule has 2 heteroatoms. The maximum absolute atomic E-state index is 2.55. The van der Waals surface area contributed by atoms with Crippen molar-refractivity contribution in [3.63, 3.8) is 0 Å². The maximum Gasteiger partial charge on any atom is 0.0637 e. The van der Waals surface area contributed by atoms with Crippen LogP contribution in [-0.2, 0) is 5.41 Å². The van der Waals surface area contributed by atoms with Gasteiger partial charge in [-0.2, -0.15) is 0 Å². The van der Waals surface area contributed by atoms with E-state index >= 15 is 0 Å². The summed E-state index contributed by atoms with van der Waals surface area (Å²) < 4.78 is 2.74. The zero-order chi connectivity index (χ0) is 30.1. The highest BCUT2D eigenvalue weighted by molar-refractivity contribution is 7.27. The fourth-order valence-electron chi connectivity index (χ4n) is 7.75. The minimum absolute atomic E-state index is 0.0101. The second-order valence-electron chi connectivity index (χ2n) is 12.8. The Kier molecular flexibility index (Phi) is 5.92. The average molecular weight is 596 g/mol. The Morgan fingerprint density at radius 2 is 1.27 bits per heavy atom. The van der Waals surface area contributed by atoms with Crippen LogP contribution in [0.4, 0.5) is 11.4 Å². The van der Waals surface area contributed by atoms with Crippen molar-refractivity contribution in [1.29, 1.82) is 0 Å². The second-order valence-corrected chi connectivity index (χ2v) is 13.9. The van der Waals surface area contributed by atoms with Gasteiger partial charge in [0.05, 0.1) is 16.1 Å². The molecule has 0 spiro atoms. The van der Waals surface area contributed by atoms with Crippen molar-refractivity contribution in [2.24, 2.45) is 0 Å². The topological polar surface area (TPSA) is 3.24 Å². The maximum atomic E-state index is 2.55. The molecule has 1 nitrogen and oxygen atoms in total. The number of anilines is 2. The van der Waals surface area contributed by atoms with Gasteiger partial charge in [0.15, 0.2) is 0 Å². The molecule has 6 aromatic carbocycles. The summed E-state index contributed by atoms with van der Waals surface area (Å²) in [5.74, 6) is 0. The molecule has 0 amide bonds. The van der Waals surface area contributed by atoms with Crippen molar-refractivity contribution in [1.82, 2.24) is 0 Å². The predicted molar refractivity (Wildman–Crippen MR) is 195 cm³/mol. The van der Waals surface area contributed by atoms with E-state index in [-0.39, 0.29) is 5.41 Å². The SMILES string of the molecule is CC1(C)c2ccccc2-c2c1ccc1c2sc2c(N(C3=CC=C(c4ccccc4)CC3)c3cccc4ccccc34)cccc21.